The topological polar surface area (TPSA) is 21.3 Å². The van der Waals surface area contributed by atoms with Gasteiger partial charge in [0.05, 0.1) is 12.3 Å². The Labute approximate surface area is 133 Å². The van der Waals surface area contributed by atoms with Crippen molar-refractivity contribution < 1.29 is 4.74 Å². The summed E-state index contributed by atoms with van der Waals surface area (Å²) in [5.74, 6) is 0.882. The minimum Gasteiger partial charge on any atom is -0.491 e. The molecule has 2 aromatic carbocycles. The van der Waals surface area contributed by atoms with Crippen LogP contribution in [0.4, 0.5) is 5.69 Å². The van der Waals surface area contributed by atoms with Gasteiger partial charge >= 0.3 is 0 Å². The Hall–Kier alpha value is -1.19. The first-order chi connectivity index (χ1) is 9.70. The summed E-state index contributed by atoms with van der Waals surface area (Å²) in [6.45, 7) is 3.51. The van der Waals surface area contributed by atoms with Crippen molar-refractivity contribution in [1.29, 1.82) is 0 Å². The maximum Gasteiger partial charge on any atom is 0.142 e. The molecule has 0 saturated carbocycles. The largest absolute Gasteiger partial charge is 0.491 e. The van der Waals surface area contributed by atoms with Crippen molar-refractivity contribution in [2.24, 2.45) is 0 Å². The monoisotopic (exact) mass is 353 g/mol. The van der Waals surface area contributed by atoms with E-state index in [0.717, 1.165) is 39.5 Å². The predicted octanol–water partition coefficient (Wildman–Crippen LogP) is 5.50. The van der Waals surface area contributed by atoms with Crippen LogP contribution in [-0.4, -0.2) is 6.61 Å². The molecule has 0 heterocycles. The molecule has 4 heteroatoms. The second-order valence-corrected chi connectivity index (χ2v) is 5.72. The molecule has 0 radical (unpaired) electrons. The third-order valence-electron chi connectivity index (χ3n) is 2.83. The summed E-state index contributed by atoms with van der Waals surface area (Å²) < 4.78 is 6.77. The molecule has 0 aromatic heterocycles. The molecule has 2 aromatic rings. The fourth-order valence-electron chi connectivity index (χ4n) is 1.82. The molecule has 20 heavy (non-hydrogen) atoms. The molecule has 0 spiro atoms. The zero-order chi connectivity index (χ0) is 14.4. The number of nitrogens with one attached hydrogen (secondary N) is 1. The average Bonchev–Trinajstić information content (AvgIpc) is 2.47. The van der Waals surface area contributed by atoms with Crippen LogP contribution in [-0.2, 0) is 6.54 Å². The molecule has 0 atom stereocenters. The number of anilines is 1. The van der Waals surface area contributed by atoms with Gasteiger partial charge in [0.25, 0.3) is 0 Å². The van der Waals surface area contributed by atoms with Gasteiger partial charge in [-0.05, 0) is 42.3 Å². The number of hydrogen-bond donors (Lipinski definition) is 1. The van der Waals surface area contributed by atoms with Gasteiger partial charge in [0.2, 0.25) is 0 Å². The van der Waals surface area contributed by atoms with Crippen molar-refractivity contribution in [3.8, 4) is 5.75 Å². The van der Waals surface area contributed by atoms with Crippen molar-refractivity contribution >= 4 is 33.2 Å². The summed E-state index contributed by atoms with van der Waals surface area (Å²) in [6.07, 6.45) is 0.994. The summed E-state index contributed by atoms with van der Waals surface area (Å²) in [7, 11) is 0. The van der Waals surface area contributed by atoms with Gasteiger partial charge in [-0.15, -0.1) is 0 Å². The van der Waals surface area contributed by atoms with Crippen molar-refractivity contribution in [3.63, 3.8) is 0 Å². The quantitative estimate of drug-likeness (QED) is 0.739. The summed E-state index contributed by atoms with van der Waals surface area (Å²) in [6, 6.07) is 13.7. The van der Waals surface area contributed by atoms with Crippen LogP contribution in [0.3, 0.4) is 0 Å². The predicted molar refractivity (Wildman–Crippen MR) is 88.7 cm³/mol. The molecule has 0 fully saturated rings. The number of rotatable bonds is 6. The summed E-state index contributed by atoms with van der Waals surface area (Å²) in [5.41, 5.74) is 2.11. The van der Waals surface area contributed by atoms with Crippen molar-refractivity contribution in [1.82, 2.24) is 0 Å². The second kappa shape index (κ2) is 7.55. The van der Waals surface area contributed by atoms with E-state index in [9.17, 15) is 0 Å². The fourth-order valence-corrected chi connectivity index (χ4v) is 2.40. The lowest BCUT2D eigenvalue weighted by molar-refractivity contribution is 0.319. The van der Waals surface area contributed by atoms with Crippen LogP contribution < -0.4 is 10.1 Å². The Morgan fingerprint density at radius 2 is 2.00 bits per heavy atom. The Kier molecular flexibility index (Phi) is 5.74. The minimum atomic E-state index is 0.688. The fraction of sp³-hybridized carbons (Fsp3) is 0.250. The normalized spacial score (nSPS) is 10.3. The highest BCUT2D eigenvalue weighted by Crippen LogP contribution is 2.26. The molecule has 0 aliphatic rings. The van der Waals surface area contributed by atoms with Crippen molar-refractivity contribution in [3.05, 3.63) is 57.5 Å². The molecule has 2 rings (SSSR count). The number of para-hydroxylation sites is 2. The molecule has 0 aliphatic heterocycles. The Balaban J connectivity index is 2.08. The number of benzene rings is 2. The van der Waals surface area contributed by atoms with E-state index in [1.165, 1.54) is 0 Å². The SMILES string of the molecule is CCCOc1ccccc1NCc1cc(Cl)ccc1Br. The molecule has 0 amide bonds. The van der Waals surface area contributed by atoms with E-state index in [2.05, 4.69) is 28.2 Å². The van der Waals surface area contributed by atoms with Gasteiger partial charge in [-0.2, -0.15) is 0 Å². The molecule has 2 nitrogen and oxygen atoms in total. The number of halogens is 2. The first-order valence-electron chi connectivity index (χ1n) is 6.60. The maximum absolute atomic E-state index is 6.03. The lowest BCUT2D eigenvalue weighted by Gasteiger charge is -2.13. The molecule has 0 aliphatic carbocycles. The van der Waals surface area contributed by atoms with Crippen LogP contribution >= 0.6 is 27.5 Å². The van der Waals surface area contributed by atoms with E-state index >= 15 is 0 Å². The zero-order valence-corrected chi connectivity index (χ0v) is 13.7. The maximum atomic E-state index is 6.03. The molecular formula is C16H17BrClNO. The van der Waals surface area contributed by atoms with E-state index in [0.29, 0.717) is 6.54 Å². The van der Waals surface area contributed by atoms with Crippen LogP contribution in [0.5, 0.6) is 5.75 Å². The van der Waals surface area contributed by atoms with Gasteiger partial charge in [-0.3, -0.25) is 0 Å². The van der Waals surface area contributed by atoms with Crippen LogP contribution in [0.1, 0.15) is 18.9 Å². The molecule has 106 valence electrons. The van der Waals surface area contributed by atoms with Gasteiger partial charge in [0.1, 0.15) is 5.75 Å². The van der Waals surface area contributed by atoms with E-state index in [-0.39, 0.29) is 0 Å². The highest BCUT2D eigenvalue weighted by molar-refractivity contribution is 9.10. The lowest BCUT2D eigenvalue weighted by atomic mass is 10.2. The Morgan fingerprint density at radius 1 is 1.20 bits per heavy atom. The van der Waals surface area contributed by atoms with Crippen LogP contribution in [0, 0.1) is 0 Å². The highest BCUT2D eigenvalue weighted by atomic mass is 79.9. The van der Waals surface area contributed by atoms with Gasteiger partial charge in [0, 0.05) is 16.0 Å². The Morgan fingerprint density at radius 3 is 2.80 bits per heavy atom. The standard InChI is InChI=1S/C16H17BrClNO/c1-2-9-20-16-6-4-3-5-15(16)19-11-12-10-13(18)7-8-14(12)17/h3-8,10,19H,2,9,11H2,1H3. The van der Waals surface area contributed by atoms with Crippen molar-refractivity contribution in [2.45, 2.75) is 19.9 Å². The Bertz CT molecular complexity index is 574. The molecular weight excluding hydrogens is 338 g/mol. The molecule has 0 unspecified atom stereocenters. The second-order valence-electron chi connectivity index (χ2n) is 4.43. The van der Waals surface area contributed by atoms with Gasteiger partial charge in [0.15, 0.2) is 0 Å². The summed E-state index contributed by atoms with van der Waals surface area (Å²) in [4.78, 5) is 0. The molecule has 1 N–H and O–H groups in total. The van der Waals surface area contributed by atoms with Gasteiger partial charge in [-0.1, -0.05) is 46.6 Å². The smallest absolute Gasteiger partial charge is 0.142 e. The van der Waals surface area contributed by atoms with Gasteiger partial charge < -0.3 is 10.1 Å². The third kappa shape index (κ3) is 4.15. The first-order valence-corrected chi connectivity index (χ1v) is 7.77. The summed E-state index contributed by atoms with van der Waals surface area (Å²) in [5, 5.41) is 4.13. The molecule has 0 saturated heterocycles. The lowest BCUT2D eigenvalue weighted by Crippen LogP contribution is -2.04. The highest BCUT2D eigenvalue weighted by Gasteiger charge is 2.05. The van der Waals surface area contributed by atoms with E-state index in [4.69, 9.17) is 16.3 Å². The summed E-state index contributed by atoms with van der Waals surface area (Å²) >= 11 is 9.56. The van der Waals surface area contributed by atoms with Crippen LogP contribution in [0.15, 0.2) is 46.9 Å². The van der Waals surface area contributed by atoms with E-state index in [1.54, 1.807) is 0 Å². The number of ether oxygens (including phenoxy) is 1. The van der Waals surface area contributed by atoms with E-state index < -0.39 is 0 Å². The third-order valence-corrected chi connectivity index (χ3v) is 3.83. The number of hydrogen-bond acceptors (Lipinski definition) is 2. The van der Waals surface area contributed by atoms with Crippen molar-refractivity contribution in [2.75, 3.05) is 11.9 Å². The average molecular weight is 355 g/mol. The minimum absolute atomic E-state index is 0.688. The van der Waals surface area contributed by atoms with Gasteiger partial charge in [-0.25, -0.2) is 0 Å². The van der Waals surface area contributed by atoms with Crippen LogP contribution in [0.2, 0.25) is 5.02 Å². The zero-order valence-electron chi connectivity index (χ0n) is 11.3. The molecule has 0 bridgehead atoms. The van der Waals surface area contributed by atoms with E-state index in [1.807, 2.05) is 42.5 Å². The first kappa shape index (κ1) is 15.2. The van der Waals surface area contributed by atoms with Crippen LogP contribution in [0.25, 0.3) is 0 Å².